The van der Waals surface area contributed by atoms with Gasteiger partial charge < -0.3 is 21.2 Å². The van der Waals surface area contributed by atoms with Crippen LogP contribution >= 0.6 is 0 Å². The number of nitrogens with one attached hydrogen (secondary N) is 3. The summed E-state index contributed by atoms with van der Waals surface area (Å²) in [5.41, 5.74) is 9.69. The Hall–Kier alpha value is -4.28. The van der Waals surface area contributed by atoms with Gasteiger partial charge in [0.2, 0.25) is 0 Å². The fraction of sp³-hybridized carbons (Fsp3) is 0.259. The topological polar surface area (TPSA) is 138 Å². The Balaban J connectivity index is 1.32. The van der Waals surface area contributed by atoms with Gasteiger partial charge in [0.15, 0.2) is 5.69 Å². The van der Waals surface area contributed by atoms with Crippen molar-refractivity contribution in [1.82, 2.24) is 24.9 Å². The molecule has 0 saturated carbocycles. The van der Waals surface area contributed by atoms with Gasteiger partial charge in [-0.25, -0.2) is 0 Å². The maximum atomic E-state index is 13.1. The van der Waals surface area contributed by atoms with Gasteiger partial charge in [0.1, 0.15) is 0 Å². The Kier molecular flexibility index (Phi) is 7.38. The highest BCUT2D eigenvalue weighted by Gasteiger charge is 2.20. The monoisotopic (exact) mass is 498 g/mol. The molecule has 5 N–H and O–H groups in total. The summed E-state index contributed by atoms with van der Waals surface area (Å²) in [6, 6.07) is 15.8. The molecular weight excluding hydrogens is 468 g/mol. The number of fused-ring (bicyclic) bond motifs is 1. The molecule has 2 aromatic carbocycles. The lowest BCUT2D eigenvalue weighted by molar-refractivity contribution is 0.0360. The lowest BCUT2D eigenvalue weighted by Crippen LogP contribution is -2.37. The largest absolute Gasteiger partial charge is 0.404 e. The minimum absolute atomic E-state index is 0.0398. The number of hydrogen-bond donors (Lipinski definition) is 4. The lowest BCUT2D eigenvalue weighted by Gasteiger charge is -2.28. The molecule has 0 aliphatic carbocycles. The van der Waals surface area contributed by atoms with Crippen LogP contribution in [-0.4, -0.2) is 69.8 Å². The SMILES string of the molecule is N=C/C(=C\N)c1ccc2c(C(=O)Nc3cnn(C(CCN4CCOCC4)c4ccccc4)c3)n[nH]c2c1. The number of carbonyl (C=O) groups is 1. The van der Waals surface area contributed by atoms with E-state index in [2.05, 4.69) is 37.6 Å². The average molecular weight is 499 g/mol. The predicted molar refractivity (Wildman–Crippen MR) is 144 cm³/mol. The Morgan fingerprint density at radius 1 is 1.22 bits per heavy atom. The number of benzene rings is 2. The molecule has 10 nitrogen and oxygen atoms in total. The lowest BCUT2D eigenvalue weighted by atomic mass is 10.0. The highest BCUT2D eigenvalue weighted by atomic mass is 16.5. The molecule has 1 aliphatic heterocycles. The van der Waals surface area contributed by atoms with Crippen LogP contribution in [0.2, 0.25) is 0 Å². The summed E-state index contributed by atoms with van der Waals surface area (Å²) in [7, 11) is 0. The number of rotatable bonds is 9. The summed E-state index contributed by atoms with van der Waals surface area (Å²) in [6.07, 6.45) is 6.98. The van der Waals surface area contributed by atoms with Crippen molar-refractivity contribution < 1.29 is 9.53 Å². The zero-order valence-corrected chi connectivity index (χ0v) is 20.4. The van der Waals surface area contributed by atoms with Crippen molar-refractivity contribution in [2.24, 2.45) is 5.73 Å². The smallest absolute Gasteiger partial charge is 0.276 e. The number of anilines is 1. The summed E-state index contributed by atoms with van der Waals surface area (Å²) in [4.78, 5) is 15.5. The number of ether oxygens (including phenoxy) is 1. The molecule has 0 spiro atoms. The highest BCUT2D eigenvalue weighted by molar-refractivity contribution is 6.13. The van der Waals surface area contributed by atoms with E-state index in [0.717, 1.165) is 44.8 Å². The Morgan fingerprint density at radius 2 is 2.03 bits per heavy atom. The first-order chi connectivity index (χ1) is 18.2. The molecule has 1 unspecified atom stereocenters. The number of nitrogens with zero attached hydrogens (tertiary/aromatic N) is 4. The molecule has 1 saturated heterocycles. The fourth-order valence-corrected chi connectivity index (χ4v) is 4.62. The van der Waals surface area contributed by atoms with Crippen molar-refractivity contribution in [2.45, 2.75) is 12.5 Å². The van der Waals surface area contributed by atoms with Crippen molar-refractivity contribution in [1.29, 1.82) is 5.41 Å². The van der Waals surface area contributed by atoms with Gasteiger partial charge in [0, 0.05) is 49.2 Å². The first-order valence-corrected chi connectivity index (χ1v) is 12.3. The Morgan fingerprint density at radius 3 is 2.78 bits per heavy atom. The second-order valence-electron chi connectivity index (χ2n) is 8.93. The second-order valence-corrected chi connectivity index (χ2v) is 8.93. The van der Waals surface area contributed by atoms with Gasteiger partial charge in [-0.05, 0) is 29.7 Å². The molecule has 190 valence electrons. The quantitative estimate of drug-likeness (QED) is 0.261. The van der Waals surface area contributed by atoms with E-state index in [1.807, 2.05) is 41.2 Å². The number of morpholine rings is 1. The van der Waals surface area contributed by atoms with Gasteiger partial charge in [0.25, 0.3) is 5.91 Å². The van der Waals surface area contributed by atoms with Crippen LogP contribution in [-0.2, 0) is 4.74 Å². The Labute approximate surface area is 214 Å². The summed E-state index contributed by atoms with van der Waals surface area (Å²) < 4.78 is 7.39. The van der Waals surface area contributed by atoms with Crippen molar-refractivity contribution >= 4 is 34.3 Å². The molecule has 1 atom stereocenters. The van der Waals surface area contributed by atoms with E-state index in [0.29, 0.717) is 22.2 Å². The van der Waals surface area contributed by atoms with E-state index in [1.54, 1.807) is 12.3 Å². The maximum absolute atomic E-state index is 13.1. The molecule has 5 rings (SSSR count). The Bertz CT molecular complexity index is 1400. The molecule has 10 heteroatoms. The fourth-order valence-electron chi connectivity index (χ4n) is 4.62. The van der Waals surface area contributed by atoms with Crippen LogP contribution in [0.3, 0.4) is 0 Å². The van der Waals surface area contributed by atoms with E-state index < -0.39 is 0 Å². The molecule has 4 aromatic rings. The van der Waals surface area contributed by atoms with Gasteiger partial charge in [-0.15, -0.1) is 0 Å². The number of H-pyrrole nitrogens is 1. The van der Waals surface area contributed by atoms with E-state index in [9.17, 15) is 4.79 Å². The number of amides is 1. The zero-order valence-electron chi connectivity index (χ0n) is 20.4. The maximum Gasteiger partial charge on any atom is 0.276 e. The van der Waals surface area contributed by atoms with Crippen LogP contribution in [0.15, 0.2) is 67.1 Å². The summed E-state index contributed by atoms with van der Waals surface area (Å²) in [6.45, 7) is 4.35. The number of carbonyl (C=O) groups excluding carboxylic acids is 1. The van der Waals surface area contributed by atoms with Gasteiger partial charge in [-0.3, -0.25) is 19.5 Å². The van der Waals surface area contributed by atoms with Crippen molar-refractivity contribution in [3.8, 4) is 0 Å². The van der Waals surface area contributed by atoms with E-state index in [4.69, 9.17) is 15.9 Å². The van der Waals surface area contributed by atoms with E-state index in [1.165, 1.54) is 18.0 Å². The van der Waals surface area contributed by atoms with Crippen LogP contribution in [0, 0.1) is 5.41 Å². The number of allylic oxidation sites excluding steroid dienone is 1. The summed E-state index contributed by atoms with van der Waals surface area (Å²) >= 11 is 0. The minimum atomic E-state index is -0.329. The minimum Gasteiger partial charge on any atom is -0.404 e. The van der Waals surface area contributed by atoms with Crippen LogP contribution in [0.1, 0.15) is 34.1 Å². The highest BCUT2D eigenvalue weighted by Crippen LogP contribution is 2.25. The van der Waals surface area contributed by atoms with Crippen LogP contribution in [0.4, 0.5) is 5.69 Å². The molecule has 2 aromatic heterocycles. The molecule has 1 fully saturated rings. The second kappa shape index (κ2) is 11.2. The van der Waals surface area contributed by atoms with Crippen molar-refractivity contribution in [3.05, 3.63) is 83.9 Å². The summed E-state index contributed by atoms with van der Waals surface area (Å²) in [5, 5.41) is 22.8. The third kappa shape index (κ3) is 5.45. The predicted octanol–water partition coefficient (Wildman–Crippen LogP) is 3.27. The first-order valence-electron chi connectivity index (χ1n) is 12.3. The number of hydrogen-bond acceptors (Lipinski definition) is 7. The standard InChI is InChI=1S/C27H30N8O2/c28-15-21(16-29)20-6-7-23-24(14-20)32-33-26(23)27(36)31-22-17-30-35(18-22)25(19-4-2-1-3-5-19)8-9-34-10-12-37-13-11-34/h1-7,14-18,25,28H,8-13,29H2,(H,31,36)(H,32,33)/b21-16+,28-15?. The number of aromatic amines is 1. The molecule has 37 heavy (non-hydrogen) atoms. The van der Waals surface area contributed by atoms with E-state index in [-0.39, 0.29) is 17.6 Å². The van der Waals surface area contributed by atoms with Gasteiger partial charge in [-0.1, -0.05) is 36.4 Å². The molecule has 1 amide bonds. The molecule has 0 radical (unpaired) electrons. The van der Waals surface area contributed by atoms with Crippen LogP contribution in [0.25, 0.3) is 16.5 Å². The zero-order chi connectivity index (χ0) is 25.6. The number of nitrogens with two attached hydrogens (primary N) is 1. The normalized spacial score (nSPS) is 15.5. The van der Waals surface area contributed by atoms with Crippen molar-refractivity contribution in [3.63, 3.8) is 0 Å². The molecule has 3 heterocycles. The molecule has 0 bridgehead atoms. The third-order valence-electron chi connectivity index (χ3n) is 6.63. The average Bonchev–Trinajstić information content (AvgIpc) is 3.58. The van der Waals surface area contributed by atoms with Crippen LogP contribution < -0.4 is 11.1 Å². The first kappa shape index (κ1) is 24.4. The summed E-state index contributed by atoms with van der Waals surface area (Å²) in [5.74, 6) is -0.329. The van der Waals surface area contributed by atoms with Gasteiger partial charge in [-0.2, -0.15) is 10.2 Å². The number of aromatic nitrogens is 4. The van der Waals surface area contributed by atoms with Crippen LogP contribution in [0.5, 0.6) is 0 Å². The third-order valence-corrected chi connectivity index (χ3v) is 6.63. The molecule has 1 aliphatic rings. The van der Waals surface area contributed by atoms with Gasteiger partial charge in [0.05, 0.1) is 36.7 Å². The molecular formula is C27H30N8O2. The van der Waals surface area contributed by atoms with Gasteiger partial charge >= 0.3 is 0 Å². The van der Waals surface area contributed by atoms with E-state index >= 15 is 0 Å². The van der Waals surface area contributed by atoms with Crippen molar-refractivity contribution in [2.75, 3.05) is 38.2 Å².